The van der Waals surface area contributed by atoms with Gasteiger partial charge in [-0.15, -0.1) is 0 Å². The van der Waals surface area contributed by atoms with E-state index in [1.54, 1.807) is 0 Å². The van der Waals surface area contributed by atoms with Crippen LogP contribution in [-0.4, -0.2) is 5.84 Å². The Morgan fingerprint density at radius 3 is 2.13 bits per heavy atom. The quantitative estimate of drug-likeness (QED) is 0.329. The number of halogens is 1. The summed E-state index contributed by atoms with van der Waals surface area (Å²) in [6, 6.07) is 26.7. The van der Waals surface area contributed by atoms with Crippen LogP contribution in [0, 0.1) is 10.5 Å². The summed E-state index contributed by atoms with van der Waals surface area (Å²) in [5.41, 5.74) is 4.26. The molecule has 1 N–H and O–H groups in total. The largest absolute Gasteiger partial charge is 0.340 e. The van der Waals surface area contributed by atoms with Gasteiger partial charge in [0.2, 0.25) is 0 Å². The number of aliphatic imine (C=N–C) groups is 1. The van der Waals surface area contributed by atoms with E-state index in [0.29, 0.717) is 0 Å². The molecule has 0 heterocycles. The summed E-state index contributed by atoms with van der Waals surface area (Å²) in [5, 5.41) is 3.43. The van der Waals surface area contributed by atoms with Crippen LogP contribution in [0.4, 0.5) is 11.4 Å². The zero-order chi connectivity index (χ0) is 16.1. The van der Waals surface area contributed by atoms with Gasteiger partial charge in [-0.05, 0) is 65.9 Å². The summed E-state index contributed by atoms with van der Waals surface area (Å²) in [4.78, 5) is 4.79. The number of rotatable bonds is 3. The van der Waals surface area contributed by atoms with E-state index >= 15 is 0 Å². The van der Waals surface area contributed by atoms with Crippen molar-refractivity contribution in [1.82, 2.24) is 0 Å². The highest BCUT2D eigenvalue weighted by Gasteiger charge is 2.04. The first-order valence-electron chi connectivity index (χ1n) is 7.44. The van der Waals surface area contributed by atoms with Crippen LogP contribution in [-0.2, 0) is 0 Å². The average Bonchev–Trinajstić information content (AvgIpc) is 2.59. The van der Waals surface area contributed by atoms with Crippen molar-refractivity contribution >= 4 is 39.8 Å². The summed E-state index contributed by atoms with van der Waals surface area (Å²) in [5.74, 6) is 0.843. The Bertz CT molecular complexity index is 791. The molecule has 3 rings (SSSR count). The highest BCUT2D eigenvalue weighted by atomic mass is 127. The smallest absolute Gasteiger partial charge is 0.138 e. The Balaban J connectivity index is 1.96. The molecule has 0 aliphatic rings. The predicted octanol–water partition coefficient (Wildman–Crippen LogP) is 5.79. The van der Waals surface area contributed by atoms with Crippen molar-refractivity contribution in [2.45, 2.75) is 6.92 Å². The minimum Gasteiger partial charge on any atom is -0.340 e. The molecule has 3 heteroatoms. The Morgan fingerprint density at radius 2 is 1.48 bits per heavy atom. The molecule has 0 spiro atoms. The van der Waals surface area contributed by atoms with Crippen LogP contribution in [0.5, 0.6) is 0 Å². The second-order valence-corrected chi connectivity index (χ2v) is 6.54. The lowest BCUT2D eigenvalue weighted by molar-refractivity contribution is 1.42. The Morgan fingerprint density at radius 1 is 0.826 bits per heavy atom. The summed E-state index contributed by atoms with van der Waals surface area (Å²) in [6.45, 7) is 2.08. The minimum absolute atomic E-state index is 0.843. The van der Waals surface area contributed by atoms with E-state index in [0.717, 1.165) is 22.8 Å². The van der Waals surface area contributed by atoms with Gasteiger partial charge in [-0.3, -0.25) is 0 Å². The summed E-state index contributed by atoms with van der Waals surface area (Å²) >= 11 is 2.31. The van der Waals surface area contributed by atoms with E-state index in [1.165, 1.54) is 9.13 Å². The van der Waals surface area contributed by atoms with E-state index < -0.39 is 0 Å². The van der Waals surface area contributed by atoms with Crippen LogP contribution >= 0.6 is 22.6 Å². The zero-order valence-electron chi connectivity index (χ0n) is 12.8. The Kier molecular flexibility index (Phi) is 5.08. The normalized spacial score (nSPS) is 11.3. The zero-order valence-corrected chi connectivity index (χ0v) is 15.0. The number of nitrogens with zero attached hydrogens (tertiary/aromatic N) is 1. The number of benzene rings is 3. The van der Waals surface area contributed by atoms with E-state index in [1.807, 2.05) is 30.3 Å². The fraction of sp³-hybridized carbons (Fsp3) is 0.0500. The molecule has 0 aromatic heterocycles. The maximum atomic E-state index is 4.79. The number of aryl methyl sites for hydroxylation is 1. The summed E-state index contributed by atoms with van der Waals surface area (Å²) in [6.07, 6.45) is 0. The molecule has 2 nitrogen and oxygen atoms in total. The Labute approximate surface area is 150 Å². The summed E-state index contributed by atoms with van der Waals surface area (Å²) < 4.78 is 1.21. The number of amidine groups is 1. The SMILES string of the molecule is Cc1ccc(N=C(Nc2ccc(I)cc2)c2ccccc2)cc1. The molecule has 3 aromatic rings. The van der Waals surface area contributed by atoms with Crippen molar-refractivity contribution in [3.05, 3.63) is 93.6 Å². The van der Waals surface area contributed by atoms with Gasteiger partial charge in [0.15, 0.2) is 0 Å². The maximum absolute atomic E-state index is 4.79. The van der Waals surface area contributed by atoms with Gasteiger partial charge in [-0.25, -0.2) is 4.99 Å². The number of nitrogens with one attached hydrogen (secondary N) is 1. The monoisotopic (exact) mass is 412 g/mol. The first-order chi connectivity index (χ1) is 11.2. The lowest BCUT2D eigenvalue weighted by Gasteiger charge is -2.11. The number of hydrogen-bond acceptors (Lipinski definition) is 1. The van der Waals surface area contributed by atoms with Crippen molar-refractivity contribution in [3.8, 4) is 0 Å². The highest BCUT2D eigenvalue weighted by Crippen LogP contribution is 2.18. The lowest BCUT2D eigenvalue weighted by Crippen LogP contribution is -2.13. The van der Waals surface area contributed by atoms with Crippen molar-refractivity contribution in [3.63, 3.8) is 0 Å². The van der Waals surface area contributed by atoms with Gasteiger partial charge in [0.25, 0.3) is 0 Å². The van der Waals surface area contributed by atoms with Gasteiger partial charge >= 0.3 is 0 Å². The fourth-order valence-electron chi connectivity index (χ4n) is 2.18. The van der Waals surface area contributed by atoms with Crippen molar-refractivity contribution in [1.29, 1.82) is 0 Å². The molecule has 0 amide bonds. The molecule has 0 aliphatic carbocycles. The lowest BCUT2D eigenvalue weighted by atomic mass is 10.2. The van der Waals surface area contributed by atoms with Crippen molar-refractivity contribution in [2.24, 2.45) is 4.99 Å². The van der Waals surface area contributed by atoms with Crippen LogP contribution in [0.1, 0.15) is 11.1 Å². The highest BCUT2D eigenvalue weighted by molar-refractivity contribution is 14.1. The molecule has 0 bridgehead atoms. The second-order valence-electron chi connectivity index (χ2n) is 5.29. The first kappa shape index (κ1) is 15.7. The minimum atomic E-state index is 0.843. The molecule has 23 heavy (non-hydrogen) atoms. The molecule has 0 saturated heterocycles. The molecule has 0 aliphatic heterocycles. The molecule has 114 valence electrons. The number of anilines is 1. The molecule has 0 radical (unpaired) electrons. The van der Waals surface area contributed by atoms with E-state index in [9.17, 15) is 0 Å². The first-order valence-corrected chi connectivity index (χ1v) is 8.52. The third-order valence-electron chi connectivity index (χ3n) is 3.43. The summed E-state index contributed by atoms with van der Waals surface area (Å²) in [7, 11) is 0. The molecule has 3 aromatic carbocycles. The third kappa shape index (κ3) is 4.42. The van der Waals surface area contributed by atoms with Gasteiger partial charge in [0.05, 0.1) is 5.69 Å². The fourth-order valence-corrected chi connectivity index (χ4v) is 2.54. The molecule has 0 atom stereocenters. The average molecular weight is 412 g/mol. The Hall–Kier alpha value is -2.14. The van der Waals surface area contributed by atoms with Gasteiger partial charge in [0.1, 0.15) is 5.84 Å². The van der Waals surface area contributed by atoms with Crippen LogP contribution in [0.15, 0.2) is 83.9 Å². The van der Waals surface area contributed by atoms with Gasteiger partial charge in [-0.1, -0.05) is 48.0 Å². The van der Waals surface area contributed by atoms with Crippen LogP contribution in [0.2, 0.25) is 0 Å². The van der Waals surface area contributed by atoms with Crippen molar-refractivity contribution < 1.29 is 0 Å². The third-order valence-corrected chi connectivity index (χ3v) is 4.15. The molecular formula is C20H17IN2. The topological polar surface area (TPSA) is 24.4 Å². The van der Waals surface area contributed by atoms with Crippen LogP contribution in [0.3, 0.4) is 0 Å². The second kappa shape index (κ2) is 7.42. The van der Waals surface area contributed by atoms with Gasteiger partial charge < -0.3 is 5.32 Å². The standard InChI is InChI=1S/C20H17IN2/c1-15-7-11-18(12-8-15)22-20(16-5-3-2-4-6-16)23-19-13-9-17(21)10-14-19/h2-14H,1H3,(H,22,23). The van der Waals surface area contributed by atoms with E-state index in [4.69, 9.17) is 4.99 Å². The van der Waals surface area contributed by atoms with E-state index in [2.05, 4.69) is 83.4 Å². The van der Waals surface area contributed by atoms with Crippen LogP contribution in [0.25, 0.3) is 0 Å². The molecular weight excluding hydrogens is 395 g/mol. The predicted molar refractivity (Wildman–Crippen MR) is 107 cm³/mol. The van der Waals surface area contributed by atoms with Gasteiger partial charge in [0, 0.05) is 14.8 Å². The van der Waals surface area contributed by atoms with Gasteiger partial charge in [-0.2, -0.15) is 0 Å². The van der Waals surface area contributed by atoms with Crippen molar-refractivity contribution in [2.75, 3.05) is 5.32 Å². The van der Waals surface area contributed by atoms with E-state index in [-0.39, 0.29) is 0 Å². The maximum Gasteiger partial charge on any atom is 0.138 e. The molecule has 0 saturated carbocycles. The molecule has 0 unspecified atom stereocenters. The van der Waals surface area contributed by atoms with Crippen LogP contribution < -0.4 is 5.32 Å². The number of hydrogen-bond donors (Lipinski definition) is 1. The molecule has 0 fully saturated rings.